The van der Waals surface area contributed by atoms with Crippen molar-refractivity contribution in [1.82, 2.24) is 9.97 Å². The Kier molecular flexibility index (Phi) is 4.64. The molecule has 1 heterocycles. The van der Waals surface area contributed by atoms with Gasteiger partial charge in [0.25, 0.3) is 0 Å². The molecule has 1 N–H and O–H groups in total. The zero-order valence-electron chi connectivity index (χ0n) is 11.1. The van der Waals surface area contributed by atoms with Crippen molar-refractivity contribution in [2.45, 2.75) is 13.3 Å². The number of aromatic nitrogens is 2. The van der Waals surface area contributed by atoms with Crippen molar-refractivity contribution in [3.63, 3.8) is 0 Å². The van der Waals surface area contributed by atoms with E-state index in [-0.39, 0.29) is 22.5 Å². The first kappa shape index (κ1) is 15.1. The molecule has 1 aromatic heterocycles. The van der Waals surface area contributed by atoms with Gasteiger partial charge in [-0.05, 0) is 36.6 Å². The van der Waals surface area contributed by atoms with Gasteiger partial charge in [-0.15, -0.1) is 0 Å². The largest absolute Gasteiger partial charge is 0.364 e. The zero-order chi connectivity index (χ0) is 15.4. The Morgan fingerprint density at radius 1 is 1.43 bits per heavy atom. The molecule has 1 aromatic carbocycles. The van der Waals surface area contributed by atoms with E-state index in [9.17, 15) is 14.5 Å². The Balaban J connectivity index is 2.07. The average Bonchev–Trinajstić information content (AvgIpc) is 2.41. The van der Waals surface area contributed by atoms with E-state index in [4.69, 9.17) is 11.6 Å². The molecule has 8 heteroatoms. The molecule has 0 aliphatic heterocycles. The molecule has 0 aliphatic carbocycles. The highest BCUT2D eigenvalue weighted by atomic mass is 35.5. The van der Waals surface area contributed by atoms with Crippen molar-refractivity contribution in [2.75, 3.05) is 11.9 Å². The molecule has 0 aliphatic rings. The van der Waals surface area contributed by atoms with Crippen LogP contribution >= 0.6 is 11.6 Å². The van der Waals surface area contributed by atoms with Crippen LogP contribution in [-0.2, 0) is 6.42 Å². The Morgan fingerprint density at radius 2 is 2.19 bits per heavy atom. The minimum absolute atomic E-state index is 0.0692. The fourth-order valence-corrected chi connectivity index (χ4v) is 2.11. The van der Waals surface area contributed by atoms with Crippen LogP contribution in [0.25, 0.3) is 0 Å². The third-order valence-electron chi connectivity index (χ3n) is 2.95. The summed E-state index contributed by atoms with van der Waals surface area (Å²) in [6, 6.07) is 4.51. The molecular formula is C13H12ClFN4O2. The van der Waals surface area contributed by atoms with Gasteiger partial charge in [-0.3, -0.25) is 10.1 Å². The molecule has 0 saturated heterocycles. The summed E-state index contributed by atoms with van der Waals surface area (Å²) < 4.78 is 13.0. The molecule has 0 fully saturated rings. The maximum Gasteiger partial charge on any atom is 0.348 e. The van der Waals surface area contributed by atoms with Crippen molar-refractivity contribution in [3.8, 4) is 0 Å². The number of rotatable bonds is 5. The lowest BCUT2D eigenvalue weighted by Gasteiger charge is -2.08. The Bertz CT molecular complexity index is 681. The third-order valence-corrected chi connectivity index (χ3v) is 3.23. The molecule has 0 saturated carbocycles. The van der Waals surface area contributed by atoms with Crippen LogP contribution in [0.2, 0.25) is 5.15 Å². The number of nitro groups is 1. The van der Waals surface area contributed by atoms with E-state index in [0.29, 0.717) is 13.0 Å². The minimum atomic E-state index is -0.631. The summed E-state index contributed by atoms with van der Waals surface area (Å²) in [6.45, 7) is 2.21. The lowest BCUT2D eigenvalue weighted by Crippen LogP contribution is -2.10. The molecule has 2 rings (SSSR count). The highest BCUT2D eigenvalue weighted by molar-refractivity contribution is 6.31. The van der Waals surface area contributed by atoms with E-state index in [0.717, 1.165) is 17.5 Å². The Labute approximate surface area is 125 Å². The average molecular weight is 311 g/mol. The standard InChI is InChI=1S/C13H12ClFN4O2/c1-8-6-10(15)3-2-9(8)4-5-16-13-11(19(20)21)12(14)17-7-18-13/h2-3,6-7H,4-5H2,1H3,(H,16,17,18). The van der Waals surface area contributed by atoms with Crippen LogP contribution in [0.5, 0.6) is 0 Å². The topological polar surface area (TPSA) is 81.0 Å². The van der Waals surface area contributed by atoms with Crippen LogP contribution in [0.15, 0.2) is 24.5 Å². The monoisotopic (exact) mass is 310 g/mol. The number of nitrogens with zero attached hydrogens (tertiary/aromatic N) is 3. The second kappa shape index (κ2) is 6.45. The van der Waals surface area contributed by atoms with Gasteiger partial charge in [-0.25, -0.2) is 14.4 Å². The SMILES string of the molecule is Cc1cc(F)ccc1CCNc1ncnc(Cl)c1[N+](=O)[O-]. The predicted octanol–water partition coefficient (Wildman–Crippen LogP) is 3.14. The Morgan fingerprint density at radius 3 is 2.86 bits per heavy atom. The van der Waals surface area contributed by atoms with Gasteiger partial charge in [0.15, 0.2) is 0 Å². The van der Waals surface area contributed by atoms with Gasteiger partial charge in [-0.1, -0.05) is 17.7 Å². The summed E-state index contributed by atoms with van der Waals surface area (Å²) in [5.74, 6) is -0.220. The van der Waals surface area contributed by atoms with Crippen LogP contribution < -0.4 is 5.32 Å². The van der Waals surface area contributed by atoms with Gasteiger partial charge in [-0.2, -0.15) is 0 Å². The minimum Gasteiger partial charge on any atom is -0.364 e. The fourth-order valence-electron chi connectivity index (χ4n) is 1.90. The van der Waals surface area contributed by atoms with Crippen LogP contribution in [0.4, 0.5) is 15.9 Å². The maximum atomic E-state index is 13.0. The molecule has 0 spiro atoms. The van der Waals surface area contributed by atoms with E-state index < -0.39 is 4.92 Å². The normalized spacial score (nSPS) is 10.4. The summed E-state index contributed by atoms with van der Waals surface area (Å²) in [6.07, 6.45) is 1.73. The summed E-state index contributed by atoms with van der Waals surface area (Å²) in [5.41, 5.74) is 1.42. The first-order valence-corrected chi connectivity index (χ1v) is 6.50. The number of aryl methyl sites for hydroxylation is 1. The van der Waals surface area contributed by atoms with E-state index in [2.05, 4.69) is 15.3 Å². The van der Waals surface area contributed by atoms with E-state index in [1.807, 2.05) is 6.92 Å². The highest BCUT2D eigenvalue weighted by Crippen LogP contribution is 2.28. The molecule has 0 radical (unpaired) electrons. The lowest BCUT2D eigenvalue weighted by atomic mass is 10.1. The number of halogens is 2. The summed E-state index contributed by atoms with van der Waals surface area (Å²) in [7, 11) is 0. The molecule has 0 atom stereocenters. The van der Waals surface area contributed by atoms with E-state index in [1.165, 1.54) is 12.1 Å². The molecule has 0 bridgehead atoms. The van der Waals surface area contributed by atoms with Gasteiger partial charge >= 0.3 is 5.69 Å². The number of hydrogen-bond acceptors (Lipinski definition) is 5. The first-order valence-electron chi connectivity index (χ1n) is 6.13. The fraction of sp³-hybridized carbons (Fsp3) is 0.231. The predicted molar refractivity (Wildman–Crippen MR) is 77.0 cm³/mol. The van der Waals surface area contributed by atoms with Gasteiger partial charge in [0, 0.05) is 6.54 Å². The molecule has 6 nitrogen and oxygen atoms in total. The Hall–Kier alpha value is -2.28. The second-order valence-electron chi connectivity index (χ2n) is 4.37. The number of nitrogens with one attached hydrogen (secondary N) is 1. The van der Waals surface area contributed by atoms with Gasteiger partial charge in [0.05, 0.1) is 4.92 Å². The third kappa shape index (κ3) is 3.63. The second-order valence-corrected chi connectivity index (χ2v) is 4.72. The smallest absolute Gasteiger partial charge is 0.348 e. The van der Waals surface area contributed by atoms with Crippen LogP contribution in [0.1, 0.15) is 11.1 Å². The molecular weight excluding hydrogens is 299 g/mol. The van der Waals surface area contributed by atoms with Crippen molar-refractivity contribution in [1.29, 1.82) is 0 Å². The summed E-state index contributed by atoms with van der Waals surface area (Å²) >= 11 is 5.69. The molecule has 0 unspecified atom stereocenters. The zero-order valence-corrected chi connectivity index (χ0v) is 11.9. The molecule has 0 amide bonds. The van der Waals surface area contributed by atoms with Gasteiger partial charge in [0.1, 0.15) is 12.1 Å². The lowest BCUT2D eigenvalue weighted by molar-refractivity contribution is -0.384. The first-order chi connectivity index (χ1) is 9.99. The number of benzene rings is 1. The summed E-state index contributed by atoms with van der Waals surface area (Å²) in [4.78, 5) is 17.7. The van der Waals surface area contributed by atoms with Gasteiger partial charge < -0.3 is 5.32 Å². The van der Waals surface area contributed by atoms with Crippen LogP contribution in [-0.4, -0.2) is 21.4 Å². The van der Waals surface area contributed by atoms with Crippen molar-refractivity contribution in [2.24, 2.45) is 0 Å². The van der Waals surface area contributed by atoms with Crippen molar-refractivity contribution < 1.29 is 9.31 Å². The quantitative estimate of drug-likeness (QED) is 0.521. The highest BCUT2D eigenvalue weighted by Gasteiger charge is 2.21. The summed E-state index contributed by atoms with van der Waals surface area (Å²) in [5, 5.41) is 13.6. The van der Waals surface area contributed by atoms with Crippen LogP contribution in [0.3, 0.4) is 0 Å². The van der Waals surface area contributed by atoms with E-state index >= 15 is 0 Å². The van der Waals surface area contributed by atoms with Crippen molar-refractivity contribution in [3.05, 3.63) is 56.7 Å². The molecule has 110 valence electrons. The van der Waals surface area contributed by atoms with Crippen molar-refractivity contribution >= 4 is 23.1 Å². The number of hydrogen-bond donors (Lipinski definition) is 1. The molecule has 21 heavy (non-hydrogen) atoms. The number of anilines is 1. The van der Waals surface area contributed by atoms with Crippen LogP contribution in [0, 0.1) is 22.9 Å². The van der Waals surface area contributed by atoms with E-state index in [1.54, 1.807) is 6.07 Å². The van der Waals surface area contributed by atoms with Gasteiger partial charge in [0.2, 0.25) is 11.0 Å². The maximum absolute atomic E-state index is 13.0. The molecule has 2 aromatic rings.